The molecule has 1 aromatic heterocycles. The Balaban J connectivity index is 1.53. The van der Waals surface area contributed by atoms with Crippen molar-refractivity contribution in [2.45, 2.75) is 46.3 Å². The standard InChI is InChI=1S/C31H28N2O5S/c1-5-37-22-9-6-19(7-10-22)27-25(28(34)20-8-11-23-21(15-20)14-18(4)38-23)29(35)30(36)33(27)31-32-26-17(3)12-16(2)13-24(26)39-31/h6-13,15,18,27,34H,5,14H2,1-4H3/b28-25+/t18-,27+/m1/s1. The molecule has 2 atom stereocenters. The van der Waals surface area contributed by atoms with Gasteiger partial charge in [-0.3, -0.25) is 14.5 Å². The van der Waals surface area contributed by atoms with Crippen molar-refractivity contribution in [1.29, 1.82) is 0 Å². The Labute approximate surface area is 230 Å². The maximum Gasteiger partial charge on any atom is 0.301 e. The lowest BCUT2D eigenvalue weighted by Crippen LogP contribution is -2.29. The molecule has 8 heteroatoms. The van der Waals surface area contributed by atoms with Crippen molar-refractivity contribution in [2.75, 3.05) is 11.5 Å². The molecule has 1 saturated heterocycles. The number of fused-ring (bicyclic) bond motifs is 2. The van der Waals surface area contributed by atoms with Crippen molar-refractivity contribution in [3.05, 3.63) is 88.0 Å². The molecule has 1 fully saturated rings. The predicted octanol–water partition coefficient (Wildman–Crippen LogP) is 6.26. The summed E-state index contributed by atoms with van der Waals surface area (Å²) in [4.78, 5) is 33.4. The number of carbonyl (C=O) groups excluding carboxylic acids is 2. The number of amides is 1. The Morgan fingerprint density at radius 3 is 2.64 bits per heavy atom. The molecule has 0 aliphatic carbocycles. The number of hydrogen-bond donors (Lipinski definition) is 1. The molecule has 3 heterocycles. The van der Waals surface area contributed by atoms with Crippen molar-refractivity contribution >= 4 is 44.1 Å². The van der Waals surface area contributed by atoms with Gasteiger partial charge in [-0.2, -0.15) is 0 Å². The van der Waals surface area contributed by atoms with Crippen LogP contribution < -0.4 is 14.4 Å². The molecule has 7 nitrogen and oxygen atoms in total. The minimum Gasteiger partial charge on any atom is -0.507 e. The summed E-state index contributed by atoms with van der Waals surface area (Å²) in [6.07, 6.45) is 0.746. The SMILES string of the molecule is CCOc1ccc([C@H]2/C(=C(\O)c3ccc4c(c3)C[C@@H](C)O4)C(=O)C(=O)N2c2nc3c(C)cc(C)cc3s2)cc1. The zero-order valence-corrected chi connectivity index (χ0v) is 23.0. The van der Waals surface area contributed by atoms with Crippen molar-refractivity contribution in [3.63, 3.8) is 0 Å². The molecular formula is C31H28N2O5S. The van der Waals surface area contributed by atoms with Crippen LogP contribution in [0.4, 0.5) is 5.13 Å². The monoisotopic (exact) mass is 540 g/mol. The number of nitrogens with zero attached hydrogens (tertiary/aromatic N) is 2. The van der Waals surface area contributed by atoms with E-state index in [4.69, 9.17) is 14.5 Å². The van der Waals surface area contributed by atoms with Crippen LogP contribution in [-0.2, 0) is 16.0 Å². The fourth-order valence-electron chi connectivity index (χ4n) is 5.45. The normalized spacial score (nSPS) is 19.9. The minimum atomic E-state index is -0.855. The van der Waals surface area contributed by atoms with Gasteiger partial charge in [-0.15, -0.1) is 0 Å². The predicted molar refractivity (Wildman–Crippen MR) is 152 cm³/mol. The molecule has 198 valence electrons. The lowest BCUT2D eigenvalue weighted by molar-refractivity contribution is -0.132. The third kappa shape index (κ3) is 4.25. The van der Waals surface area contributed by atoms with Crippen LogP contribution in [0.25, 0.3) is 16.0 Å². The quantitative estimate of drug-likeness (QED) is 0.183. The highest BCUT2D eigenvalue weighted by Crippen LogP contribution is 2.45. The highest BCUT2D eigenvalue weighted by Gasteiger charge is 2.48. The van der Waals surface area contributed by atoms with Gasteiger partial charge in [0, 0.05) is 12.0 Å². The Hall–Kier alpha value is -4.17. The lowest BCUT2D eigenvalue weighted by atomic mass is 9.94. The molecule has 2 aliphatic rings. The van der Waals surface area contributed by atoms with Crippen molar-refractivity contribution < 1.29 is 24.2 Å². The maximum atomic E-state index is 13.6. The molecule has 0 unspecified atom stereocenters. The van der Waals surface area contributed by atoms with E-state index in [1.54, 1.807) is 24.3 Å². The minimum absolute atomic E-state index is 0.0308. The van der Waals surface area contributed by atoms with Crippen molar-refractivity contribution in [3.8, 4) is 11.5 Å². The molecule has 0 saturated carbocycles. The zero-order chi connectivity index (χ0) is 27.4. The van der Waals surface area contributed by atoms with Gasteiger partial charge < -0.3 is 14.6 Å². The van der Waals surface area contributed by atoms with Crippen LogP contribution >= 0.6 is 11.3 Å². The van der Waals surface area contributed by atoms with Crippen LogP contribution in [0, 0.1) is 13.8 Å². The average Bonchev–Trinajstić information content (AvgIpc) is 3.57. The number of Topliss-reactive ketones (excluding diaryl/α,β-unsaturated/α-hetero) is 1. The smallest absolute Gasteiger partial charge is 0.301 e. The molecule has 1 amide bonds. The average molecular weight is 541 g/mol. The second-order valence-electron chi connectivity index (χ2n) is 10.1. The largest absolute Gasteiger partial charge is 0.507 e. The van der Waals surface area contributed by atoms with E-state index in [9.17, 15) is 14.7 Å². The molecule has 3 aromatic carbocycles. The number of aryl methyl sites for hydroxylation is 2. The van der Waals surface area contributed by atoms with Gasteiger partial charge in [-0.25, -0.2) is 4.98 Å². The molecule has 6 rings (SSSR count). The van der Waals surface area contributed by atoms with E-state index in [0.29, 0.717) is 35.0 Å². The van der Waals surface area contributed by atoms with E-state index >= 15 is 0 Å². The van der Waals surface area contributed by atoms with Gasteiger partial charge in [0.25, 0.3) is 5.78 Å². The Morgan fingerprint density at radius 1 is 1.13 bits per heavy atom. The number of aromatic nitrogens is 1. The molecular weight excluding hydrogens is 512 g/mol. The summed E-state index contributed by atoms with van der Waals surface area (Å²) >= 11 is 1.36. The van der Waals surface area contributed by atoms with Crippen LogP contribution in [0.15, 0.2) is 60.2 Å². The van der Waals surface area contributed by atoms with Gasteiger partial charge in [0.1, 0.15) is 23.4 Å². The van der Waals surface area contributed by atoms with E-state index in [0.717, 1.165) is 32.7 Å². The number of ketones is 1. The number of aliphatic hydroxyl groups excluding tert-OH is 1. The van der Waals surface area contributed by atoms with Crippen LogP contribution in [0.5, 0.6) is 11.5 Å². The summed E-state index contributed by atoms with van der Waals surface area (Å²) in [5.74, 6) is -0.240. The van der Waals surface area contributed by atoms with Gasteiger partial charge in [0.05, 0.1) is 28.4 Å². The fourth-order valence-corrected chi connectivity index (χ4v) is 6.61. The van der Waals surface area contributed by atoms with Crippen molar-refractivity contribution in [1.82, 2.24) is 4.98 Å². The van der Waals surface area contributed by atoms with Gasteiger partial charge in [-0.05, 0) is 86.3 Å². The summed E-state index contributed by atoms with van der Waals surface area (Å²) in [5.41, 5.74) is 5.01. The summed E-state index contributed by atoms with van der Waals surface area (Å²) in [6.45, 7) is 8.40. The summed E-state index contributed by atoms with van der Waals surface area (Å²) < 4.78 is 12.3. The lowest BCUT2D eigenvalue weighted by Gasteiger charge is -2.23. The number of thiazole rings is 1. The molecule has 0 spiro atoms. The number of rotatable bonds is 5. The summed E-state index contributed by atoms with van der Waals surface area (Å²) in [7, 11) is 0. The number of carbonyl (C=O) groups is 2. The third-order valence-corrected chi connectivity index (χ3v) is 8.15. The molecule has 0 bridgehead atoms. The van der Waals surface area contributed by atoms with Gasteiger partial charge in [0.15, 0.2) is 5.13 Å². The van der Waals surface area contributed by atoms with E-state index in [2.05, 4.69) is 0 Å². The van der Waals surface area contributed by atoms with E-state index in [1.165, 1.54) is 16.2 Å². The van der Waals surface area contributed by atoms with E-state index < -0.39 is 17.7 Å². The van der Waals surface area contributed by atoms with Gasteiger partial charge >= 0.3 is 5.91 Å². The summed E-state index contributed by atoms with van der Waals surface area (Å²) in [5, 5.41) is 12.0. The van der Waals surface area contributed by atoms with Crippen LogP contribution in [0.3, 0.4) is 0 Å². The van der Waals surface area contributed by atoms with Gasteiger partial charge in [0.2, 0.25) is 0 Å². The highest BCUT2D eigenvalue weighted by atomic mass is 32.1. The number of hydrogen-bond acceptors (Lipinski definition) is 7. The second-order valence-corrected chi connectivity index (χ2v) is 11.1. The Morgan fingerprint density at radius 2 is 1.90 bits per heavy atom. The zero-order valence-electron chi connectivity index (χ0n) is 22.1. The first-order valence-electron chi connectivity index (χ1n) is 13.0. The first-order chi connectivity index (χ1) is 18.7. The topological polar surface area (TPSA) is 89.0 Å². The molecule has 39 heavy (non-hydrogen) atoms. The first-order valence-corrected chi connectivity index (χ1v) is 13.8. The number of ether oxygens (including phenoxy) is 2. The van der Waals surface area contributed by atoms with Crippen LogP contribution in [-0.4, -0.2) is 34.5 Å². The molecule has 1 N–H and O–H groups in total. The molecule has 2 aliphatic heterocycles. The Kier molecular flexibility index (Phi) is 6.14. The third-order valence-electron chi connectivity index (χ3n) is 7.15. The number of aliphatic hydroxyl groups is 1. The first kappa shape index (κ1) is 25.1. The van der Waals surface area contributed by atoms with E-state index in [1.807, 2.05) is 58.0 Å². The molecule has 4 aromatic rings. The maximum absolute atomic E-state index is 13.6. The summed E-state index contributed by atoms with van der Waals surface area (Å²) in [6, 6.07) is 15.8. The van der Waals surface area contributed by atoms with E-state index in [-0.39, 0.29) is 17.4 Å². The highest BCUT2D eigenvalue weighted by molar-refractivity contribution is 7.22. The second kappa shape index (κ2) is 9.54. The van der Waals surface area contributed by atoms with Crippen molar-refractivity contribution in [2.24, 2.45) is 0 Å². The fraction of sp³-hybridized carbons (Fsp3) is 0.258. The van der Waals surface area contributed by atoms with Gasteiger partial charge in [-0.1, -0.05) is 29.5 Å². The molecule has 0 radical (unpaired) electrons. The van der Waals surface area contributed by atoms with Crippen LogP contribution in [0.1, 0.15) is 47.7 Å². The van der Waals surface area contributed by atoms with Crippen LogP contribution in [0.2, 0.25) is 0 Å². The number of benzene rings is 3. The Bertz CT molecular complexity index is 1670. The number of anilines is 1.